The van der Waals surface area contributed by atoms with Crippen molar-refractivity contribution in [3.05, 3.63) is 69.8 Å². The fourth-order valence-corrected chi connectivity index (χ4v) is 3.70. The molecule has 0 fully saturated rings. The second kappa shape index (κ2) is 12.0. The lowest BCUT2D eigenvalue weighted by atomic mass is 10.0. The van der Waals surface area contributed by atoms with Crippen molar-refractivity contribution < 1.29 is 23.5 Å². The van der Waals surface area contributed by atoms with E-state index >= 15 is 0 Å². The zero-order valence-corrected chi connectivity index (χ0v) is 20.1. The molecule has 2 amide bonds. The van der Waals surface area contributed by atoms with Crippen LogP contribution < -0.4 is 25.7 Å². The quantitative estimate of drug-likeness (QED) is 0.363. The Hall–Kier alpha value is -3.88. The molecule has 1 unspecified atom stereocenters. The number of pyridine rings is 1. The van der Waals surface area contributed by atoms with E-state index in [2.05, 4.69) is 22.5 Å². The van der Waals surface area contributed by atoms with E-state index in [1.807, 2.05) is 0 Å². The molecule has 2 aromatic carbocycles. The first-order valence-corrected chi connectivity index (χ1v) is 11.5. The summed E-state index contributed by atoms with van der Waals surface area (Å²) in [5, 5.41) is 5.70. The fourth-order valence-electron chi connectivity index (χ4n) is 3.70. The highest BCUT2D eigenvalue weighted by Gasteiger charge is 2.23. The number of methoxy groups -OCH3 is 1. The summed E-state index contributed by atoms with van der Waals surface area (Å²) in [5.41, 5.74) is 0.313. The minimum absolute atomic E-state index is 0.129. The number of hydrogen-bond acceptors (Lipinski definition) is 5. The first-order chi connectivity index (χ1) is 16.9. The molecule has 3 aromatic rings. The molecule has 1 heterocycles. The third-order valence-electron chi connectivity index (χ3n) is 5.62. The number of ether oxygens (including phenoxy) is 2. The summed E-state index contributed by atoms with van der Waals surface area (Å²) in [6.07, 6.45) is 3.04. The molecular weight excluding hydrogens is 453 g/mol. The average molecular weight is 484 g/mol. The normalized spacial score (nSPS) is 11.7. The highest BCUT2D eigenvalue weighted by Crippen LogP contribution is 2.34. The van der Waals surface area contributed by atoms with Crippen LogP contribution in [0.1, 0.15) is 42.1 Å². The van der Waals surface area contributed by atoms with Gasteiger partial charge in [-0.3, -0.25) is 14.4 Å². The second-order valence-corrected chi connectivity index (χ2v) is 8.10. The Balaban J connectivity index is 1.88. The fraction of sp³-hybridized carbons (Fsp3) is 0.346. The summed E-state index contributed by atoms with van der Waals surface area (Å²) < 4.78 is 24.5. The van der Waals surface area contributed by atoms with Crippen LogP contribution in [0.5, 0.6) is 11.5 Å². The van der Waals surface area contributed by atoms with Crippen LogP contribution in [0.15, 0.2) is 47.3 Å². The first kappa shape index (κ1) is 25.7. The molecule has 1 aromatic heterocycles. The first-order valence-electron chi connectivity index (χ1n) is 11.5. The lowest BCUT2D eigenvalue weighted by Gasteiger charge is -2.18. The standard InChI is InChI=1S/C26H30FN3O5/c1-4-5-6-13-35-23-21(34-3)12-9-17-15-19(25(32)30-22(17)23)24(31)29-20(26(33)28-2)14-16-7-10-18(27)11-8-16/h7-12,15,20H,4-6,13-14H2,1-3H3,(H,28,33)(H,29,31)(H,30,32). The van der Waals surface area contributed by atoms with Crippen LogP contribution in [0, 0.1) is 5.82 Å². The van der Waals surface area contributed by atoms with Gasteiger partial charge in [-0.15, -0.1) is 0 Å². The van der Waals surface area contributed by atoms with Gasteiger partial charge in [-0.05, 0) is 42.3 Å². The molecule has 0 bridgehead atoms. The van der Waals surface area contributed by atoms with Crippen molar-refractivity contribution in [1.29, 1.82) is 0 Å². The lowest BCUT2D eigenvalue weighted by Crippen LogP contribution is -2.48. The second-order valence-electron chi connectivity index (χ2n) is 8.10. The highest BCUT2D eigenvalue weighted by molar-refractivity contribution is 6.00. The summed E-state index contributed by atoms with van der Waals surface area (Å²) in [5.74, 6) is -0.662. The van der Waals surface area contributed by atoms with Crippen LogP contribution in [-0.2, 0) is 11.2 Å². The van der Waals surface area contributed by atoms with Crippen molar-refractivity contribution in [2.75, 3.05) is 20.8 Å². The van der Waals surface area contributed by atoms with Gasteiger partial charge in [-0.25, -0.2) is 4.39 Å². The van der Waals surface area contributed by atoms with Gasteiger partial charge >= 0.3 is 0 Å². The molecule has 0 radical (unpaired) electrons. The number of unbranched alkanes of at least 4 members (excludes halogenated alkanes) is 2. The molecule has 186 valence electrons. The van der Waals surface area contributed by atoms with Gasteiger partial charge in [0.05, 0.1) is 19.2 Å². The topological polar surface area (TPSA) is 110 Å². The van der Waals surface area contributed by atoms with Gasteiger partial charge in [0.25, 0.3) is 11.5 Å². The van der Waals surface area contributed by atoms with Crippen LogP contribution in [-0.4, -0.2) is 43.6 Å². The number of fused-ring (bicyclic) bond motifs is 1. The zero-order chi connectivity index (χ0) is 25.4. The summed E-state index contributed by atoms with van der Waals surface area (Å²) in [6, 6.07) is 9.56. The van der Waals surface area contributed by atoms with Crippen LogP contribution in [0.2, 0.25) is 0 Å². The van der Waals surface area contributed by atoms with Crippen LogP contribution in [0.3, 0.4) is 0 Å². The average Bonchev–Trinajstić information content (AvgIpc) is 2.86. The van der Waals surface area contributed by atoms with E-state index in [1.54, 1.807) is 12.1 Å². The monoisotopic (exact) mass is 483 g/mol. The maximum Gasteiger partial charge on any atom is 0.261 e. The Bertz CT molecular complexity index is 1240. The summed E-state index contributed by atoms with van der Waals surface area (Å²) in [6.45, 7) is 2.56. The highest BCUT2D eigenvalue weighted by atomic mass is 19.1. The Morgan fingerprint density at radius 1 is 1.11 bits per heavy atom. The van der Waals surface area contributed by atoms with Gasteiger partial charge in [0.2, 0.25) is 5.91 Å². The van der Waals surface area contributed by atoms with E-state index in [0.717, 1.165) is 19.3 Å². The molecule has 0 saturated carbocycles. The number of carbonyl (C=O) groups excluding carboxylic acids is 2. The lowest BCUT2D eigenvalue weighted by molar-refractivity contribution is -0.122. The van der Waals surface area contributed by atoms with Crippen molar-refractivity contribution in [1.82, 2.24) is 15.6 Å². The van der Waals surface area contributed by atoms with Crippen molar-refractivity contribution in [3.63, 3.8) is 0 Å². The van der Waals surface area contributed by atoms with Crippen molar-refractivity contribution in [3.8, 4) is 11.5 Å². The molecule has 9 heteroatoms. The Morgan fingerprint density at radius 3 is 2.51 bits per heavy atom. The number of amides is 2. The van der Waals surface area contributed by atoms with Crippen molar-refractivity contribution in [2.45, 2.75) is 38.6 Å². The third-order valence-corrected chi connectivity index (χ3v) is 5.62. The molecule has 8 nitrogen and oxygen atoms in total. The summed E-state index contributed by atoms with van der Waals surface area (Å²) >= 11 is 0. The minimum atomic E-state index is -0.957. The molecule has 0 aliphatic rings. The number of H-pyrrole nitrogens is 1. The van der Waals surface area contributed by atoms with Gasteiger partial charge in [0.15, 0.2) is 11.5 Å². The van der Waals surface area contributed by atoms with E-state index < -0.39 is 29.2 Å². The number of carbonyl (C=O) groups is 2. The van der Waals surface area contributed by atoms with E-state index in [9.17, 15) is 18.8 Å². The minimum Gasteiger partial charge on any atom is -0.493 e. The molecule has 0 saturated heterocycles. The van der Waals surface area contributed by atoms with Gasteiger partial charge in [-0.2, -0.15) is 0 Å². The molecule has 3 N–H and O–H groups in total. The largest absolute Gasteiger partial charge is 0.493 e. The van der Waals surface area contributed by atoms with Crippen molar-refractivity contribution >= 4 is 22.7 Å². The number of likely N-dealkylation sites (N-methyl/N-ethyl adjacent to an activating group) is 1. The van der Waals surface area contributed by atoms with Gasteiger partial charge < -0.3 is 25.1 Å². The van der Waals surface area contributed by atoms with Crippen LogP contribution in [0.25, 0.3) is 10.9 Å². The molecule has 35 heavy (non-hydrogen) atoms. The van der Waals surface area contributed by atoms with Gasteiger partial charge in [0, 0.05) is 18.9 Å². The van der Waals surface area contributed by atoms with Crippen LogP contribution in [0.4, 0.5) is 4.39 Å². The van der Waals surface area contributed by atoms with Gasteiger partial charge in [0.1, 0.15) is 17.4 Å². The molecule has 0 aliphatic heterocycles. The SMILES string of the molecule is CCCCCOc1c(OC)ccc2cc(C(=O)NC(Cc3ccc(F)cc3)C(=O)NC)c(=O)[nH]c12. The van der Waals surface area contributed by atoms with E-state index in [0.29, 0.717) is 34.6 Å². The smallest absolute Gasteiger partial charge is 0.261 e. The maximum atomic E-state index is 13.2. The number of benzene rings is 2. The predicted molar refractivity (Wildman–Crippen MR) is 132 cm³/mol. The number of aromatic nitrogens is 1. The molecule has 3 rings (SSSR count). The van der Waals surface area contributed by atoms with Crippen molar-refractivity contribution in [2.24, 2.45) is 0 Å². The molecule has 1 atom stereocenters. The van der Waals surface area contributed by atoms with E-state index in [-0.39, 0.29) is 12.0 Å². The Kier molecular flexibility index (Phi) is 8.83. The third kappa shape index (κ3) is 6.38. The summed E-state index contributed by atoms with van der Waals surface area (Å²) in [4.78, 5) is 41.0. The number of aromatic amines is 1. The predicted octanol–water partition coefficient (Wildman–Crippen LogP) is 3.33. The Morgan fingerprint density at radius 2 is 1.86 bits per heavy atom. The van der Waals surface area contributed by atoms with E-state index in [1.165, 1.54) is 44.5 Å². The molecule has 0 spiro atoms. The molecule has 0 aliphatic carbocycles. The van der Waals surface area contributed by atoms with Crippen LogP contribution >= 0.6 is 0 Å². The maximum absolute atomic E-state index is 13.2. The Labute approximate surface area is 202 Å². The van der Waals surface area contributed by atoms with Gasteiger partial charge in [-0.1, -0.05) is 31.9 Å². The summed E-state index contributed by atoms with van der Waals surface area (Å²) in [7, 11) is 2.96. The number of hydrogen-bond donors (Lipinski definition) is 3. The molecular formula is C26H30FN3O5. The van der Waals surface area contributed by atoms with E-state index in [4.69, 9.17) is 9.47 Å². The number of nitrogens with one attached hydrogen (secondary N) is 3. The number of halogens is 1. The number of rotatable bonds is 11. The zero-order valence-electron chi connectivity index (χ0n) is 20.1.